The van der Waals surface area contributed by atoms with E-state index >= 15 is 0 Å². The Labute approximate surface area is 142 Å². The fourth-order valence-electron chi connectivity index (χ4n) is 3.05. The fraction of sp³-hybridized carbons (Fsp3) is 0.375. The van der Waals surface area contributed by atoms with Gasteiger partial charge in [-0.1, -0.05) is 17.3 Å². The van der Waals surface area contributed by atoms with Gasteiger partial charge < -0.3 is 14.2 Å². The zero-order valence-corrected chi connectivity index (χ0v) is 13.4. The lowest BCUT2D eigenvalue weighted by Crippen LogP contribution is -2.45. The van der Waals surface area contributed by atoms with Crippen LogP contribution in [0.2, 0.25) is 0 Å². The lowest BCUT2D eigenvalue weighted by molar-refractivity contribution is -0.132. The molecule has 8 nitrogen and oxygen atoms in total. The predicted molar refractivity (Wildman–Crippen MR) is 81.7 cm³/mol. The van der Waals surface area contributed by atoms with Crippen LogP contribution >= 0.6 is 0 Å². The van der Waals surface area contributed by atoms with Gasteiger partial charge >= 0.3 is 6.03 Å². The van der Waals surface area contributed by atoms with Gasteiger partial charge in [0, 0.05) is 12.1 Å². The number of hydrogen-bond donors (Lipinski definition) is 0. The minimum absolute atomic E-state index is 0.113. The van der Waals surface area contributed by atoms with Crippen LogP contribution in [0.5, 0.6) is 0 Å². The third kappa shape index (κ3) is 2.56. The quantitative estimate of drug-likeness (QED) is 0.785. The number of amides is 3. The van der Waals surface area contributed by atoms with Crippen molar-refractivity contribution < 1.29 is 23.2 Å². The normalized spacial score (nSPS) is 21.6. The first-order chi connectivity index (χ1) is 12.1. The van der Waals surface area contributed by atoms with E-state index in [-0.39, 0.29) is 24.2 Å². The van der Waals surface area contributed by atoms with E-state index < -0.39 is 23.9 Å². The number of morpholine rings is 1. The summed E-state index contributed by atoms with van der Waals surface area (Å²) in [5, 5.41) is 3.82. The molecule has 2 atom stereocenters. The third-order valence-electron chi connectivity index (χ3n) is 4.37. The van der Waals surface area contributed by atoms with E-state index in [4.69, 9.17) is 9.26 Å². The van der Waals surface area contributed by atoms with Gasteiger partial charge in [0.05, 0.1) is 13.2 Å². The topological polar surface area (TPSA) is 88.8 Å². The van der Waals surface area contributed by atoms with Gasteiger partial charge in [-0.2, -0.15) is 4.98 Å². The number of imide groups is 1. The summed E-state index contributed by atoms with van der Waals surface area (Å²) in [5.41, 5.74) is 0.451. The molecule has 130 valence electrons. The highest BCUT2D eigenvalue weighted by Gasteiger charge is 2.49. The second-order valence-corrected chi connectivity index (χ2v) is 5.92. The Balaban J connectivity index is 1.60. The van der Waals surface area contributed by atoms with Gasteiger partial charge in [-0.05, 0) is 19.1 Å². The molecular weight excluding hydrogens is 331 g/mol. The first-order valence-corrected chi connectivity index (χ1v) is 7.87. The van der Waals surface area contributed by atoms with E-state index in [1.54, 1.807) is 13.0 Å². The molecule has 9 heteroatoms. The lowest BCUT2D eigenvalue weighted by Gasteiger charge is -2.26. The van der Waals surface area contributed by atoms with Crippen molar-refractivity contribution in [2.24, 2.45) is 0 Å². The van der Waals surface area contributed by atoms with E-state index in [0.29, 0.717) is 18.7 Å². The summed E-state index contributed by atoms with van der Waals surface area (Å²) in [6, 6.07) is 4.06. The van der Waals surface area contributed by atoms with Crippen molar-refractivity contribution in [3.63, 3.8) is 0 Å². The molecule has 2 saturated heterocycles. The summed E-state index contributed by atoms with van der Waals surface area (Å²) in [6.07, 6.45) is 0. The molecule has 0 spiro atoms. The number of fused-ring (bicyclic) bond motifs is 1. The Morgan fingerprint density at radius 1 is 1.36 bits per heavy atom. The van der Waals surface area contributed by atoms with E-state index in [9.17, 15) is 14.0 Å². The number of benzene rings is 1. The number of carbonyl (C=O) groups excluding carboxylic acids is 2. The minimum atomic E-state index is -0.722. The summed E-state index contributed by atoms with van der Waals surface area (Å²) >= 11 is 0. The van der Waals surface area contributed by atoms with E-state index in [0.717, 1.165) is 4.90 Å². The Bertz CT molecular complexity index is 815. The number of ether oxygens (including phenoxy) is 1. The summed E-state index contributed by atoms with van der Waals surface area (Å²) in [6.45, 7) is 2.60. The van der Waals surface area contributed by atoms with Crippen molar-refractivity contribution in [2.75, 3.05) is 19.8 Å². The van der Waals surface area contributed by atoms with E-state index in [1.165, 1.54) is 23.1 Å². The number of urea groups is 1. The number of halogens is 1. The minimum Gasteiger partial charge on any atom is -0.377 e. The van der Waals surface area contributed by atoms with Crippen LogP contribution in [0.3, 0.4) is 0 Å². The van der Waals surface area contributed by atoms with Crippen LogP contribution in [0.4, 0.5) is 9.18 Å². The number of rotatable bonds is 3. The maximum atomic E-state index is 13.3. The highest BCUT2D eigenvalue weighted by Crippen LogP contribution is 2.30. The lowest BCUT2D eigenvalue weighted by atomic mass is 10.2. The molecule has 3 heterocycles. The Morgan fingerprint density at radius 3 is 2.96 bits per heavy atom. The monoisotopic (exact) mass is 346 g/mol. The Morgan fingerprint density at radius 2 is 2.20 bits per heavy atom. The molecule has 1 aromatic carbocycles. The average Bonchev–Trinajstić information content (AvgIpc) is 3.20. The van der Waals surface area contributed by atoms with Crippen LogP contribution < -0.4 is 0 Å². The van der Waals surface area contributed by atoms with Gasteiger partial charge in [0.15, 0.2) is 0 Å². The third-order valence-corrected chi connectivity index (χ3v) is 4.37. The standard InChI is InChI=1S/C16H15FN4O4/c1-9(21-15(22)12-8-24-6-5-20(12)16(21)23)14-18-13(19-25-14)10-3-2-4-11(17)7-10/h2-4,7,9,12H,5-6,8H2,1H3/t9-,12-/m1/s1. The average molecular weight is 346 g/mol. The molecule has 0 aliphatic carbocycles. The predicted octanol–water partition coefficient (Wildman–Crippen LogP) is 1.60. The van der Waals surface area contributed by atoms with Crippen LogP contribution in [-0.2, 0) is 9.53 Å². The highest BCUT2D eigenvalue weighted by molar-refractivity contribution is 6.04. The first-order valence-electron chi connectivity index (χ1n) is 7.87. The zero-order valence-electron chi connectivity index (χ0n) is 13.4. The molecule has 0 radical (unpaired) electrons. The van der Waals surface area contributed by atoms with Crippen LogP contribution in [0.1, 0.15) is 18.9 Å². The fourth-order valence-corrected chi connectivity index (χ4v) is 3.05. The molecule has 2 aliphatic heterocycles. The van der Waals surface area contributed by atoms with Gasteiger partial charge in [-0.25, -0.2) is 14.1 Å². The van der Waals surface area contributed by atoms with Crippen molar-refractivity contribution in [1.29, 1.82) is 0 Å². The number of nitrogens with zero attached hydrogens (tertiary/aromatic N) is 4. The largest absolute Gasteiger partial charge is 0.377 e. The molecular formula is C16H15FN4O4. The maximum Gasteiger partial charge on any atom is 0.328 e. The molecule has 0 bridgehead atoms. The van der Waals surface area contributed by atoms with Crippen molar-refractivity contribution in [1.82, 2.24) is 19.9 Å². The number of aromatic nitrogens is 2. The Hall–Kier alpha value is -2.81. The molecule has 25 heavy (non-hydrogen) atoms. The second-order valence-electron chi connectivity index (χ2n) is 5.92. The van der Waals surface area contributed by atoms with Crippen molar-refractivity contribution in [3.8, 4) is 11.4 Å². The summed E-state index contributed by atoms with van der Waals surface area (Å²) in [4.78, 5) is 31.9. The van der Waals surface area contributed by atoms with Crippen molar-refractivity contribution >= 4 is 11.9 Å². The molecule has 0 saturated carbocycles. The molecule has 0 unspecified atom stereocenters. The van der Waals surface area contributed by atoms with Gasteiger partial charge in [-0.3, -0.25) is 4.79 Å². The molecule has 0 N–H and O–H groups in total. The van der Waals surface area contributed by atoms with Gasteiger partial charge in [0.25, 0.3) is 5.91 Å². The SMILES string of the molecule is C[C@H](c1nc(-c2cccc(F)c2)no1)N1C(=O)[C@H]2COCCN2C1=O. The smallest absolute Gasteiger partial charge is 0.328 e. The van der Waals surface area contributed by atoms with Crippen LogP contribution in [0.25, 0.3) is 11.4 Å². The highest BCUT2D eigenvalue weighted by atomic mass is 19.1. The van der Waals surface area contributed by atoms with Crippen molar-refractivity contribution in [2.45, 2.75) is 19.0 Å². The van der Waals surface area contributed by atoms with Gasteiger partial charge in [0.2, 0.25) is 11.7 Å². The van der Waals surface area contributed by atoms with E-state index in [1.807, 2.05) is 0 Å². The molecule has 2 fully saturated rings. The molecule has 4 rings (SSSR count). The number of hydrogen-bond acceptors (Lipinski definition) is 6. The van der Waals surface area contributed by atoms with Crippen LogP contribution in [0.15, 0.2) is 28.8 Å². The first kappa shape index (κ1) is 15.7. The summed E-state index contributed by atoms with van der Waals surface area (Å²) in [7, 11) is 0. The second kappa shape index (κ2) is 5.92. The zero-order chi connectivity index (χ0) is 17.6. The maximum absolute atomic E-state index is 13.3. The summed E-state index contributed by atoms with van der Waals surface area (Å²) < 4.78 is 23.8. The molecule has 2 aliphatic rings. The van der Waals surface area contributed by atoms with Crippen LogP contribution in [0, 0.1) is 5.82 Å². The summed E-state index contributed by atoms with van der Waals surface area (Å²) in [5.74, 6) is -0.454. The van der Waals surface area contributed by atoms with Gasteiger partial charge in [0.1, 0.15) is 17.9 Å². The Kier molecular flexibility index (Phi) is 3.72. The molecule has 3 amide bonds. The molecule has 2 aromatic rings. The van der Waals surface area contributed by atoms with Gasteiger partial charge in [-0.15, -0.1) is 0 Å². The van der Waals surface area contributed by atoms with E-state index in [2.05, 4.69) is 10.1 Å². The van der Waals surface area contributed by atoms with Crippen LogP contribution in [-0.4, -0.2) is 57.7 Å². The number of carbonyl (C=O) groups is 2. The van der Waals surface area contributed by atoms with Crippen molar-refractivity contribution in [3.05, 3.63) is 36.0 Å². The molecule has 1 aromatic heterocycles.